The third-order valence-corrected chi connectivity index (χ3v) is 3.33. The summed E-state index contributed by atoms with van der Waals surface area (Å²) in [5, 5.41) is 5.76. The minimum Gasteiger partial charge on any atom is -0.357 e. The van der Waals surface area contributed by atoms with Crippen LogP contribution in [0.4, 0.5) is 0 Å². The highest BCUT2D eigenvalue weighted by Gasteiger charge is 2.31. The van der Waals surface area contributed by atoms with Crippen LogP contribution >= 0.6 is 0 Å². The van der Waals surface area contributed by atoms with E-state index in [2.05, 4.69) is 24.5 Å². The van der Waals surface area contributed by atoms with Gasteiger partial charge in [-0.2, -0.15) is 0 Å². The van der Waals surface area contributed by atoms with Crippen molar-refractivity contribution in [3.8, 4) is 0 Å². The molecular weight excluding hydrogens is 218 g/mol. The molecule has 0 aromatic heterocycles. The molecule has 0 spiro atoms. The van der Waals surface area contributed by atoms with Crippen LogP contribution in [0.25, 0.3) is 0 Å². The Morgan fingerprint density at radius 3 is 2.82 bits per heavy atom. The SMILES string of the molecule is CCC(C)CC(=O)N1CCNCC1C(=O)NC. The van der Waals surface area contributed by atoms with E-state index in [1.54, 1.807) is 11.9 Å². The summed E-state index contributed by atoms with van der Waals surface area (Å²) >= 11 is 0. The van der Waals surface area contributed by atoms with E-state index in [0.717, 1.165) is 13.0 Å². The summed E-state index contributed by atoms with van der Waals surface area (Å²) in [4.78, 5) is 25.5. The molecule has 1 aliphatic heterocycles. The van der Waals surface area contributed by atoms with E-state index in [1.165, 1.54) is 0 Å². The molecule has 1 aliphatic rings. The van der Waals surface area contributed by atoms with Crippen molar-refractivity contribution in [1.29, 1.82) is 0 Å². The van der Waals surface area contributed by atoms with Crippen LogP contribution in [0.1, 0.15) is 26.7 Å². The summed E-state index contributed by atoms with van der Waals surface area (Å²) in [5.41, 5.74) is 0. The lowest BCUT2D eigenvalue weighted by Crippen LogP contribution is -2.59. The van der Waals surface area contributed by atoms with E-state index < -0.39 is 0 Å². The monoisotopic (exact) mass is 241 g/mol. The minimum atomic E-state index is -0.356. The first-order chi connectivity index (χ1) is 8.10. The summed E-state index contributed by atoms with van der Waals surface area (Å²) in [6.45, 7) is 6.07. The van der Waals surface area contributed by atoms with Crippen LogP contribution in [-0.2, 0) is 9.59 Å². The van der Waals surface area contributed by atoms with E-state index in [9.17, 15) is 9.59 Å². The van der Waals surface area contributed by atoms with Crippen molar-refractivity contribution in [1.82, 2.24) is 15.5 Å². The van der Waals surface area contributed by atoms with Crippen LogP contribution in [0.15, 0.2) is 0 Å². The molecule has 2 unspecified atom stereocenters. The third kappa shape index (κ3) is 3.70. The van der Waals surface area contributed by atoms with E-state index in [0.29, 0.717) is 25.4 Å². The Morgan fingerprint density at radius 2 is 2.24 bits per heavy atom. The number of carbonyl (C=O) groups excluding carboxylic acids is 2. The van der Waals surface area contributed by atoms with Crippen molar-refractivity contribution in [3.05, 3.63) is 0 Å². The highest BCUT2D eigenvalue weighted by atomic mass is 16.2. The van der Waals surface area contributed by atoms with Gasteiger partial charge >= 0.3 is 0 Å². The maximum absolute atomic E-state index is 12.1. The average molecular weight is 241 g/mol. The summed E-state index contributed by atoms with van der Waals surface area (Å²) in [6, 6.07) is -0.356. The van der Waals surface area contributed by atoms with Gasteiger partial charge in [-0.3, -0.25) is 9.59 Å². The van der Waals surface area contributed by atoms with Crippen molar-refractivity contribution in [2.75, 3.05) is 26.7 Å². The van der Waals surface area contributed by atoms with Crippen molar-refractivity contribution >= 4 is 11.8 Å². The number of carbonyl (C=O) groups is 2. The summed E-state index contributed by atoms with van der Waals surface area (Å²) in [6.07, 6.45) is 1.52. The highest BCUT2D eigenvalue weighted by molar-refractivity contribution is 5.88. The minimum absolute atomic E-state index is 0.0882. The van der Waals surface area contributed by atoms with Crippen molar-refractivity contribution in [2.45, 2.75) is 32.7 Å². The Morgan fingerprint density at radius 1 is 1.53 bits per heavy atom. The molecule has 1 fully saturated rings. The van der Waals surface area contributed by atoms with Gasteiger partial charge in [0, 0.05) is 33.1 Å². The van der Waals surface area contributed by atoms with Crippen molar-refractivity contribution in [3.63, 3.8) is 0 Å². The molecule has 0 radical (unpaired) electrons. The molecule has 5 heteroatoms. The Bertz CT molecular complexity index is 281. The largest absolute Gasteiger partial charge is 0.357 e. The smallest absolute Gasteiger partial charge is 0.243 e. The molecule has 2 N–H and O–H groups in total. The van der Waals surface area contributed by atoms with E-state index >= 15 is 0 Å². The van der Waals surface area contributed by atoms with Gasteiger partial charge in [-0.1, -0.05) is 20.3 Å². The normalized spacial score (nSPS) is 22.1. The van der Waals surface area contributed by atoms with Crippen molar-refractivity contribution < 1.29 is 9.59 Å². The molecule has 2 amide bonds. The topological polar surface area (TPSA) is 61.4 Å². The highest BCUT2D eigenvalue weighted by Crippen LogP contribution is 2.12. The van der Waals surface area contributed by atoms with Crippen LogP contribution < -0.4 is 10.6 Å². The second-order valence-electron chi connectivity index (χ2n) is 4.64. The number of piperazine rings is 1. The molecule has 1 rings (SSSR count). The van der Waals surface area contributed by atoms with E-state index in [4.69, 9.17) is 0 Å². The lowest BCUT2D eigenvalue weighted by atomic mass is 10.0. The molecule has 0 bridgehead atoms. The maximum Gasteiger partial charge on any atom is 0.243 e. The summed E-state index contributed by atoms with van der Waals surface area (Å²) in [5.74, 6) is 0.381. The zero-order valence-corrected chi connectivity index (χ0v) is 11.0. The molecule has 1 saturated heterocycles. The van der Waals surface area contributed by atoms with Crippen LogP contribution in [-0.4, -0.2) is 49.4 Å². The quantitative estimate of drug-likeness (QED) is 0.726. The molecule has 0 saturated carbocycles. The molecule has 0 aromatic carbocycles. The lowest BCUT2D eigenvalue weighted by molar-refractivity contribution is -0.142. The van der Waals surface area contributed by atoms with Gasteiger partial charge in [0.1, 0.15) is 6.04 Å². The number of nitrogens with one attached hydrogen (secondary N) is 2. The lowest BCUT2D eigenvalue weighted by Gasteiger charge is -2.35. The van der Waals surface area contributed by atoms with Gasteiger partial charge in [0.2, 0.25) is 11.8 Å². The maximum atomic E-state index is 12.1. The molecule has 0 aromatic rings. The molecule has 1 heterocycles. The number of hydrogen-bond acceptors (Lipinski definition) is 3. The van der Waals surface area contributed by atoms with E-state index in [-0.39, 0.29) is 17.9 Å². The van der Waals surface area contributed by atoms with Gasteiger partial charge in [0.25, 0.3) is 0 Å². The van der Waals surface area contributed by atoms with Crippen LogP contribution in [0.5, 0.6) is 0 Å². The number of hydrogen-bond donors (Lipinski definition) is 2. The Hall–Kier alpha value is -1.10. The summed E-state index contributed by atoms with van der Waals surface area (Å²) < 4.78 is 0. The third-order valence-electron chi connectivity index (χ3n) is 3.33. The van der Waals surface area contributed by atoms with Gasteiger partial charge in [-0.15, -0.1) is 0 Å². The first-order valence-electron chi connectivity index (χ1n) is 6.31. The second kappa shape index (κ2) is 6.59. The Balaban J connectivity index is 2.64. The van der Waals surface area contributed by atoms with Crippen molar-refractivity contribution in [2.24, 2.45) is 5.92 Å². The zero-order valence-electron chi connectivity index (χ0n) is 11.0. The number of likely N-dealkylation sites (N-methyl/N-ethyl adjacent to an activating group) is 1. The standard InChI is InChI=1S/C12H23N3O2/c1-4-9(2)7-11(16)15-6-5-14-8-10(15)12(17)13-3/h9-10,14H,4-8H2,1-3H3,(H,13,17). The predicted molar refractivity (Wildman–Crippen MR) is 66.5 cm³/mol. The number of amides is 2. The molecule has 98 valence electrons. The van der Waals surface area contributed by atoms with Gasteiger partial charge in [0.15, 0.2) is 0 Å². The Kier molecular flexibility index (Phi) is 5.41. The fraction of sp³-hybridized carbons (Fsp3) is 0.833. The Labute approximate surface area is 103 Å². The first-order valence-corrected chi connectivity index (χ1v) is 6.31. The first kappa shape index (κ1) is 14.0. The van der Waals surface area contributed by atoms with Gasteiger partial charge in [-0.25, -0.2) is 0 Å². The molecule has 17 heavy (non-hydrogen) atoms. The number of nitrogens with zero attached hydrogens (tertiary/aromatic N) is 1. The molecule has 2 atom stereocenters. The fourth-order valence-corrected chi connectivity index (χ4v) is 1.96. The van der Waals surface area contributed by atoms with Crippen LogP contribution in [0.3, 0.4) is 0 Å². The average Bonchev–Trinajstić information content (AvgIpc) is 2.37. The van der Waals surface area contributed by atoms with E-state index in [1.807, 2.05) is 0 Å². The van der Waals surface area contributed by atoms with Crippen LogP contribution in [0, 0.1) is 5.92 Å². The van der Waals surface area contributed by atoms with Crippen LogP contribution in [0.2, 0.25) is 0 Å². The second-order valence-corrected chi connectivity index (χ2v) is 4.64. The zero-order chi connectivity index (χ0) is 12.8. The predicted octanol–water partition coefficient (Wildman–Crippen LogP) is -0.0310. The number of rotatable bonds is 4. The van der Waals surface area contributed by atoms with Gasteiger partial charge in [0.05, 0.1) is 0 Å². The summed E-state index contributed by atoms with van der Waals surface area (Å²) in [7, 11) is 1.61. The molecule has 0 aliphatic carbocycles. The van der Waals surface area contributed by atoms with Gasteiger partial charge < -0.3 is 15.5 Å². The fourth-order valence-electron chi connectivity index (χ4n) is 1.96. The molecule has 5 nitrogen and oxygen atoms in total. The molecular formula is C12H23N3O2. The van der Waals surface area contributed by atoms with Gasteiger partial charge in [-0.05, 0) is 5.92 Å².